The maximum absolute atomic E-state index is 10.8. The van der Waals surface area contributed by atoms with Gasteiger partial charge in [0, 0.05) is 12.6 Å². The first-order chi connectivity index (χ1) is 8.16. The third-order valence-corrected chi connectivity index (χ3v) is 2.92. The molecule has 1 fully saturated rings. The van der Waals surface area contributed by atoms with Crippen LogP contribution in [0, 0.1) is 6.92 Å². The van der Waals surface area contributed by atoms with Crippen molar-refractivity contribution in [2.24, 2.45) is 0 Å². The average Bonchev–Trinajstić information content (AvgIpc) is 2.69. The quantitative estimate of drug-likeness (QED) is 0.834. The molecular weight excluding hydrogens is 222 g/mol. The first-order valence-corrected chi connectivity index (χ1v) is 5.80. The molecule has 2 rings (SSSR count). The van der Waals surface area contributed by atoms with E-state index in [4.69, 9.17) is 14.3 Å². The van der Waals surface area contributed by atoms with Gasteiger partial charge in [0.25, 0.3) is 0 Å². The minimum atomic E-state index is -0.946. The van der Waals surface area contributed by atoms with Crippen molar-refractivity contribution < 1.29 is 19.1 Å². The zero-order chi connectivity index (χ0) is 12.3. The number of hydrogen-bond donors (Lipinski definition) is 2. The molecule has 0 aliphatic carbocycles. The highest BCUT2D eigenvalue weighted by atomic mass is 16.5. The van der Waals surface area contributed by atoms with Crippen molar-refractivity contribution in [1.82, 2.24) is 5.32 Å². The first kappa shape index (κ1) is 12.1. The highest BCUT2D eigenvalue weighted by Gasteiger charge is 2.16. The van der Waals surface area contributed by atoms with E-state index in [9.17, 15) is 4.79 Å². The number of carboxylic acid groups (broad SMARTS) is 1. The van der Waals surface area contributed by atoms with Crippen molar-refractivity contribution in [3.63, 3.8) is 0 Å². The molecule has 2 heterocycles. The molecule has 1 saturated heterocycles. The van der Waals surface area contributed by atoms with Crippen molar-refractivity contribution in [2.75, 3.05) is 13.2 Å². The molecule has 1 atom stereocenters. The van der Waals surface area contributed by atoms with Crippen LogP contribution in [0.2, 0.25) is 0 Å². The normalized spacial score (nSPS) is 20.4. The molecule has 1 aliphatic heterocycles. The molecule has 1 aromatic heterocycles. The zero-order valence-corrected chi connectivity index (χ0v) is 9.86. The lowest BCUT2D eigenvalue weighted by atomic mass is 10.1. The van der Waals surface area contributed by atoms with E-state index in [1.54, 1.807) is 13.0 Å². The van der Waals surface area contributed by atoms with Gasteiger partial charge in [-0.3, -0.25) is 0 Å². The monoisotopic (exact) mass is 239 g/mol. The Bertz CT molecular complexity index is 393. The molecule has 0 bridgehead atoms. The third kappa shape index (κ3) is 3.08. The highest BCUT2D eigenvalue weighted by Crippen LogP contribution is 2.15. The number of aryl methyl sites for hydroxylation is 1. The van der Waals surface area contributed by atoms with Gasteiger partial charge >= 0.3 is 5.97 Å². The Hall–Kier alpha value is -1.33. The van der Waals surface area contributed by atoms with Gasteiger partial charge in [-0.2, -0.15) is 0 Å². The fraction of sp³-hybridized carbons (Fsp3) is 0.583. The van der Waals surface area contributed by atoms with Gasteiger partial charge in [0.2, 0.25) is 0 Å². The topological polar surface area (TPSA) is 71.7 Å². The lowest BCUT2D eigenvalue weighted by Gasteiger charge is -2.22. The summed E-state index contributed by atoms with van der Waals surface area (Å²) < 4.78 is 10.7. The Morgan fingerprint density at radius 2 is 2.47 bits per heavy atom. The summed E-state index contributed by atoms with van der Waals surface area (Å²) in [7, 11) is 0. The van der Waals surface area contributed by atoms with Crippen molar-refractivity contribution in [3.8, 4) is 0 Å². The lowest BCUT2D eigenvalue weighted by Crippen LogP contribution is -2.36. The van der Waals surface area contributed by atoms with Crippen LogP contribution >= 0.6 is 0 Å². The number of ether oxygens (including phenoxy) is 1. The number of hydrogen-bond acceptors (Lipinski definition) is 4. The average molecular weight is 239 g/mol. The van der Waals surface area contributed by atoms with Gasteiger partial charge in [-0.15, -0.1) is 0 Å². The largest absolute Gasteiger partial charge is 0.478 e. The second-order valence-corrected chi connectivity index (χ2v) is 4.28. The summed E-state index contributed by atoms with van der Waals surface area (Å²) in [6, 6.07) is 1.91. The minimum absolute atomic E-state index is 0.238. The molecule has 0 amide bonds. The van der Waals surface area contributed by atoms with E-state index in [1.165, 1.54) is 0 Å². The van der Waals surface area contributed by atoms with Gasteiger partial charge < -0.3 is 19.6 Å². The van der Waals surface area contributed by atoms with Gasteiger partial charge in [-0.25, -0.2) is 4.79 Å². The Morgan fingerprint density at radius 3 is 3.06 bits per heavy atom. The van der Waals surface area contributed by atoms with Crippen LogP contribution in [0.5, 0.6) is 0 Å². The van der Waals surface area contributed by atoms with Crippen molar-refractivity contribution in [2.45, 2.75) is 32.4 Å². The molecular formula is C12H17NO4. The van der Waals surface area contributed by atoms with Crippen LogP contribution in [0.15, 0.2) is 10.5 Å². The van der Waals surface area contributed by atoms with Crippen LogP contribution in [-0.4, -0.2) is 30.3 Å². The van der Waals surface area contributed by atoms with E-state index in [0.29, 0.717) is 30.7 Å². The van der Waals surface area contributed by atoms with Gasteiger partial charge in [0.1, 0.15) is 17.1 Å². The summed E-state index contributed by atoms with van der Waals surface area (Å²) in [6.45, 7) is 3.76. The number of nitrogens with one attached hydrogen (secondary N) is 1. The number of furan rings is 1. The van der Waals surface area contributed by atoms with E-state index in [1.807, 2.05) is 0 Å². The number of rotatable bonds is 4. The number of aromatic carboxylic acids is 1. The summed E-state index contributed by atoms with van der Waals surface area (Å²) >= 11 is 0. The van der Waals surface area contributed by atoms with Crippen molar-refractivity contribution >= 4 is 5.97 Å². The van der Waals surface area contributed by atoms with Crippen LogP contribution in [0.3, 0.4) is 0 Å². The smallest absolute Gasteiger partial charge is 0.339 e. The molecule has 0 radical (unpaired) electrons. The van der Waals surface area contributed by atoms with Crippen LogP contribution in [0.1, 0.15) is 34.7 Å². The maximum Gasteiger partial charge on any atom is 0.339 e. The fourth-order valence-corrected chi connectivity index (χ4v) is 1.99. The van der Waals surface area contributed by atoms with Gasteiger partial charge in [0.15, 0.2) is 0 Å². The molecule has 0 aromatic carbocycles. The van der Waals surface area contributed by atoms with E-state index in [-0.39, 0.29) is 5.56 Å². The fourth-order valence-electron chi connectivity index (χ4n) is 1.99. The molecule has 0 saturated carbocycles. The Balaban J connectivity index is 1.90. The summed E-state index contributed by atoms with van der Waals surface area (Å²) in [5.74, 6) is 0.165. The molecule has 17 heavy (non-hydrogen) atoms. The van der Waals surface area contributed by atoms with Gasteiger partial charge in [-0.05, 0) is 25.8 Å². The molecule has 1 unspecified atom stereocenters. The van der Waals surface area contributed by atoms with Crippen LogP contribution < -0.4 is 5.32 Å². The first-order valence-electron chi connectivity index (χ1n) is 5.80. The van der Waals surface area contributed by atoms with E-state index in [0.717, 1.165) is 19.4 Å². The number of carbonyl (C=O) groups is 1. The SMILES string of the molecule is Cc1oc(CNC2CCCOC2)cc1C(=O)O. The Morgan fingerprint density at radius 1 is 1.65 bits per heavy atom. The Kier molecular flexibility index (Phi) is 3.81. The Labute approximate surface area is 99.8 Å². The van der Waals surface area contributed by atoms with Crippen LogP contribution in [-0.2, 0) is 11.3 Å². The van der Waals surface area contributed by atoms with Crippen LogP contribution in [0.25, 0.3) is 0 Å². The van der Waals surface area contributed by atoms with Crippen molar-refractivity contribution in [3.05, 3.63) is 23.2 Å². The predicted molar refractivity (Wildman–Crippen MR) is 61.1 cm³/mol. The van der Waals surface area contributed by atoms with E-state index >= 15 is 0 Å². The minimum Gasteiger partial charge on any atom is -0.478 e. The molecule has 0 spiro atoms. The lowest BCUT2D eigenvalue weighted by molar-refractivity contribution is 0.0692. The summed E-state index contributed by atoms with van der Waals surface area (Å²) in [4.78, 5) is 10.8. The third-order valence-electron chi connectivity index (χ3n) is 2.92. The summed E-state index contributed by atoms with van der Waals surface area (Å²) in [6.07, 6.45) is 2.15. The maximum atomic E-state index is 10.8. The summed E-state index contributed by atoms with van der Waals surface area (Å²) in [5, 5.41) is 12.2. The second kappa shape index (κ2) is 5.33. The summed E-state index contributed by atoms with van der Waals surface area (Å²) in [5.41, 5.74) is 0.238. The van der Waals surface area contributed by atoms with Crippen LogP contribution in [0.4, 0.5) is 0 Å². The molecule has 94 valence electrons. The standard InChI is InChI=1S/C12H17NO4/c1-8-11(12(14)15)5-10(17-8)6-13-9-3-2-4-16-7-9/h5,9,13H,2-4,6-7H2,1H3,(H,14,15). The van der Waals surface area contributed by atoms with Crippen molar-refractivity contribution in [1.29, 1.82) is 0 Å². The molecule has 2 N–H and O–H groups in total. The predicted octanol–water partition coefficient (Wildman–Crippen LogP) is 1.55. The molecule has 5 heteroatoms. The van der Waals surface area contributed by atoms with Gasteiger partial charge in [-0.1, -0.05) is 0 Å². The molecule has 1 aromatic rings. The zero-order valence-electron chi connectivity index (χ0n) is 9.86. The second-order valence-electron chi connectivity index (χ2n) is 4.28. The van der Waals surface area contributed by atoms with E-state index < -0.39 is 5.97 Å². The van der Waals surface area contributed by atoms with Gasteiger partial charge in [0.05, 0.1) is 13.2 Å². The number of carboxylic acids is 1. The highest BCUT2D eigenvalue weighted by molar-refractivity contribution is 5.88. The molecule has 1 aliphatic rings. The van der Waals surface area contributed by atoms with E-state index in [2.05, 4.69) is 5.32 Å². The molecule has 5 nitrogen and oxygen atoms in total.